The number of hydrogen-bond donors (Lipinski definition) is 2. The van der Waals surface area contributed by atoms with E-state index in [0.29, 0.717) is 18.6 Å². The summed E-state index contributed by atoms with van der Waals surface area (Å²) in [5.74, 6) is -0.303. The highest BCUT2D eigenvalue weighted by molar-refractivity contribution is 7.89. The molecule has 0 bridgehead atoms. The van der Waals surface area contributed by atoms with Crippen LogP contribution in [0.15, 0.2) is 58.0 Å². The van der Waals surface area contributed by atoms with Crippen molar-refractivity contribution in [3.8, 4) is 0 Å². The van der Waals surface area contributed by atoms with E-state index in [1.807, 2.05) is 27.7 Å². The van der Waals surface area contributed by atoms with Gasteiger partial charge in [0.2, 0.25) is 21.8 Å². The molecule has 0 saturated heterocycles. The van der Waals surface area contributed by atoms with E-state index < -0.39 is 34.1 Å². The minimum Gasteiger partial charge on any atom is -0.467 e. The molecule has 1 heterocycles. The van der Waals surface area contributed by atoms with Gasteiger partial charge in [0.25, 0.3) is 0 Å². The van der Waals surface area contributed by atoms with Crippen LogP contribution in [-0.4, -0.2) is 43.3 Å². The number of amides is 2. The van der Waals surface area contributed by atoms with E-state index in [4.69, 9.17) is 4.42 Å². The molecule has 2 aromatic rings. The molecule has 0 aliphatic carbocycles. The van der Waals surface area contributed by atoms with Crippen molar-refractivity contribution in [1.82, 2.24) is 14.9 Å². The SMILES string of the molecule is CCCC(C(=O)NC(C)(C)C)N(Cc1ccco1)C(=O)CNS(=O)(=O)c1ccccc1. The smallest absolute Gasteiger partial charge is 0.243 e. The second-order valence-electron chi connectivity index (χ2n) is 8.28. The fourth-order valence-corrected chi connectivity index (χ4v) is 4.03. The zero-order valence-electron chi connectivity index (χ0n) is 18.4. The topological polar surface area (TPSA) is 109 Å². The van der Waals surface area contributed by atoms with Gasteiger partial charge in [-0.3, -0.25) is 9.59 Å². The summed E-state index contributed by atoms with van der Waals surface area (Å²) in [5.41, 5.74) is -0.475. The van der Waals surface area contributed by atoms with Gasteiger partial charge in [-0.05, 0) is 51.5 Å². The Kier molecular flexibility index (Phi) is 8.41. The molecule has 1 aromatic heterocycles. The number of furan rings is 1. The molecule has 8 nitrogen and oxygen atoms in total. The van der Waals surface area contributed by atoms with E-state index in [2.05, 4.69) is 10.0 Å². The first-order valence-electron chi connectivity index (χ1n) is 10.2. The van der Waals surface area contributed by atoms with Gasteiger partial charge in [0.05, 0.1) is 24.2 Å². The Morgan fingerprint density at radius 1 is 1.10 bits per heavy atom. The number of carbonyl (C=O) groups is 2. The van der Waals surface area contributed by atoms with Crippen molar-refractivity contribution in [2.24, 2.45) is 0 Å². The third-order valence-electron chi connectivity index (χ3n) is 4.43. The van der Waals surface area contributed by atoms with Crippen LogP contribution in [0.25, 0.3) is 0 Å². The minimum absolute atomic E-state index is 0.0567. The maximum Gasteiger partial charge on any atom is 0.243 e. The normalized spacial score (nSPS) is 12.9. The predicted octanol–water partition coefficient (Wildman–Crippen LogP) is 2.67. The fourth-order valence-electron chi connectivity index (χ4n) is 3.04. The molecule has 0 fully saturated rings. The standard InChI is InChI=1S/C22H31N3O5S/c1-5-10-19(21(27)24-22(2,3)4)25(16-17-11-9-14-30-17)20(26)15-23-31(28,29)18-12-7-6-8-13-18/h6-9,11-14,19,23H,5,10,15-16H2,1-4H3,(H,24,27). The van der Waals surface area contributed by atoms with Gasteiger partial charge in [-0.25, -0.2) is 13.1 Å². The first kappa shape index (κ1) is 24.6. The molecule has 2 N–H and O–H groups in total. The first-order chi connectivity index (χ1) is 14.5. The summed E-state index contributed by atoms with van der Waals surface area (Å²) in [6.45, 7) is 7.09. The third kappa shape index (κ3) is 7.52. The second kappa shape index (κ2) is 10.6. The third-order valence-corrected chi connectivity index (χ3v) is 5.85. The lowest BCUT2D eigenvalue weighted by atomic mass is 10.0. The molecular weight excluding hydrogens is 418 g/mol. The van der Waals surface area contributed by atoms with Crippen molar-refractivity contribution in [3.05, 3.63) is 54.5 Å². The minimum atomic E-state index is -3.86. The van der Waals surface area contributed by atoms with Crippen LogP contribution in [-0.2, 0) is 26.2 Å². The predicted molar refractivity (Wildman–Crippen MR) is 117 cm³/mol. The van der Waals surface area contributed by atoms with Crippen LogP contribution in [0.1, 0.15) is 46.3 Å². The first-order valence-corrected chi connectivity index (χ1v) is 11.7. The Hall–Kier alpha value is -2.65. The Morgan fingerprint density at radius 3 is 2.32 bits per heavy atom. The molecule has 0 aliphatic heterocycles. The van der Waals surface area contributed by atoms with Crippen molar-refractivity contribution in [3.63, 3.8) is 0 Å². The van der Waals surface area contributed by atoms with Gasteiger partial charge in [-0.1, -0.05) is 31.5 Å². The Bertz CT molecular complexity index is 951. The van der Waals surface area contributed by atoms with Crippen LogP contribution >= 0.6 is 0 Å². The number of carbonyl (C=O) groups excluding carboxylic acids is 2. The zero-order chi connectivity index (χ0) is 23.1. The average molecular weight is 450 g/mol. The maximum atomic E-state index is 13.1. The summed E-state index contributed by atoms with van der Waals surface area (Å²) in [7, 11) is -3.86. The van der Waals surface area contributed by atoms with Crippen molar-refractivity contribution in [2.45, 2.75) is 63.6 Å². The summed E-state index contributed by atoms with van der Waals surface area (Å²) < 4.78 is 32.7. The van der Waals surface area contributed by atoms with E-state index in [0.717, 1.165) is 0 Å². The monoisotopic (exact) mass is 449 g/mol. The highest BCUT2D eigenvalue weighted by Gasteiger charge is 2.32. The largest absolute Gasteiger partial charge is 0.467 e. The van der Waals surface area contributed by atoms with E-state index in [1.165, 1.54) is 23.3 Å². The lowest BCUT2D eigenvalue weighted by molar-refractivity contribution is -0.141. The molecular formula is C22H31N3O5S. The van der Waals surface area contributed by atoms with Crippen LogP contribution in [0.2, 0.25) is 0 Å². The molecule has 0 aliphatic rings. The van der Waals surface area contributed by atoms with Gasteiger partial charge < -0.3 is 14.6 Å². The lowest BCUT2D eigenvalue weighted by Gasteiger charge is -2.33. The fraction of sp³-hybridized carbons (Fsp3) is 0.455. The van der Waals surface area contributed by atoms with Gasteiger partial charge in [0.1, 0.15) is 11.8 Å². The molecule has 2 rings (SSSR count). The number of benzene rings is 1. The van der Waals surface area contributed by atoms with Gasteiger partial charge in [0, 0.05) is 5.54 Å². The van der Waals surface area contributed by atoms with Crippen LogP contribution in [0.3, 0.4) is 0 Å². The van der Waals surface area contributed by atoms with Crippen molar-refractivity contribution >= 4 is 21.8 Å². The molecule has 1 unspecified atom stereocenters. The quantitative estimate of drug-likeness (QED) is 0.580. The van der Waals surface area contributed by atoms with Crippen LogP contribution in [0.4, 0.5) is 0 Å². The van der Waals surface area contributed by atoms with Crippen LogP contribution < -0.4 is 10.0 Å². The van der Waals surface area contributed by atoms with Crippen LogP contribution in [0.5, 0.6) is 0 Å². The molecule has 9 heteroatoms. The van der Waals surface area contributed by atoms with E-state index in [-0.39, 0.29) is 17.3 Å². The Balaban J connectivity index is 2.24. The Labute approximate surface area is 184 Å². The molecule has 2 amide bonds. The summed E-state index contributed by atoms with van der Waals surface area (Å²) in [6.07, 6.45) is 2.58. The van der Waals surface area contributed by atoms with Crippen molar-refractivity contribution in [1.29, 1.82) is 0 Å². The molecule has 1 atom stereocenters. The molecule has 0 saturated carbocycles. The Morgan fingerprint density at radius 2 is 1.77 bits per heavy atom. The van der Waals surface area contributed by atoms with Gasteiger partial charge >= 0.3 is 0 Å². The van der Waals surface area contributed by atoms with E-state index in [1.54, 1.807) is 30.3 Å². The van der Waals surface area contributed by atoms with Crippen LogP contribution in [0, 0.1) is 0 Å². The highest BCUT2D eigenvalue weighted by atomic mass is 32.2. The summed E-state index contributed by atoms with van der Waals surface area (Å²) in [4.78, 5) is 27.5. The molecule has 170 valence electrons. The van der Waals surface area contributed by atoms with Gasteiger partial charge in [-0.2, -0.15) is 0 Å². The zero-order valence-corrected chi connectivity index (χ0v) is 19.2. The summed E-state index contributed by atoms with van der Waals surface area (Å²) in [6, 6.07) is 10.5. The number of rotatable bonds is 10. The molecule has 31 heavy (non-hydrogen) atoms. The van der Waals surface area contributed by atoms with E-state index in [9.17, 15) is 18.0 Å². The number of nitrogens with zero attached hydrogens (tertiary/aromatic N) is 1. The van der Waals surface area contributed by atoms with Crippen molar-refractivity contribution in [2.75, 3.05) is 6.54 Å². The maximum absolute atomic E-state index is 13.1. The second-order valence-corrected chi connectivity index (χ2v) is 10.0. The molecule has 0 radical (unpaired) electrons. The van der Waals surface area contributed by atoms with Crippen molar-refractivity contribution < 1.29 is 22.4 Å². The number of nitrogens with one attached hydrogen (secondary N) is 2. The van der Waals surface area contributed by atoms with Gasteiger partial charge in [0.15, 0.2) is 0 Å². The highest BCUT2D eigenvalue weighted by Crippen LogP contribution is 2.16. The lowest BCUT2D eigenvalue weighted by Crippen LogP contribution is -2.55. The number of hydrogen-bond acceptors (Lipinski definition) is 5. The molecule has 0 spiro atoms. The average Bonchev–Trinajstić information content (AvgIpc) is 3.21. The van der Waals surface area contributed by atoms with Gasteiger partial charge in [-0.15, -0.1) is 0 Å². The summed E-state index contributed by atoms with van der Waals surface area (Å²) >= 11 is 0. The molecule has 1 aromatic carbocycles. The number of sulfonamides is 1. The van der Waals surface area contributed by atoms with E-state index >= 15 is 0 Å². The summed E-state index contributed by atoms with van der Waals surface area (Å²) in [5, 5.41) is 2.92.